The van der Waals surface area contributed by atoms with E-state index in [1.54, 1.807) is 13.2 Å². The van der Waals surface area contributed by atoms with E-state index in [-0.39, 0.29) is 24.1 Å². The van der Waals surface area contributed by atoms with Crippen molar-refractivity contribution >= 4 is 5.91 Å². The maximum atomic E-state index is 12.6. The van der Waals surface area contributed by atoms with E-state index in [0.717, 1.165) is 43.8 Å². The first-order chi connectivity index (χ1) is 15.6. The number of ether oxygens (including phenoxy) is 1. The molecule has 0 spiro atoms. The van der Waals surface area contributed by atoms with Gasteiger partial charge in [-0.2, -0.15) is 5.10 Å². The van der Waals surface area contributed by atoms with Crippen LogP contribution in [-0.4, -0.2) is 46.8 Å². The minimum atomic E-state index is -0.296. The first kappa shape index (κ1) is 21.8. The standard InChI is InChI=1S/C25H28N4O3/c1-32-22-9-7-20(8-10-22)23-11-12-25(31)29(27-23)18-24(30)26-21-13-15-28(16-14-21)17-19-5-3-2-4-6-19/h2-12,21H,13-18H2,1H3,(H,26,30). The van der Waals surface area contributed by atoms with Gasteiger partial charge in [-0.1, -0.05) is 30.3 Å². The molecule has 1 aromatic heterocycles. The number of piperidine rings is 1. The third-order valence-corrected chi connectivity index (χ3v) is 5.75. The van der Waals surface area contributed by atoms with E-state index in [2.05, 4.69) is 39.6 Å². The van der Waals surface area contributed by atoms with Crippen LogP contribution < -0.4 is 15.6 Å². The van der Waals surface area contributed by atoms with Crippen molar-refractivity contribution in [3.8, 4) is 17.0 Å². The summed E-state index contributed by atoms with van der Waals surface area (Å²) in [6.07, 6.45) is 1.79. The normalized spacial score (nSPS) is 14.8. The molecule has 1 aliphatic heterocycles. The number of amides is 1. The Morgan fingerprint density at radius 3 is 2.44 bits per heavy atom. The zero-order chi connectivity index (χ0) is 22.3. The largest absolute Gasteiger partial charge is 0.497 e. The molecule has 0 bridgehead atoms. The van der Waals surface area contributed by atoms with Crippen molar-refractivity contribution in [3.63, 3.8) is 0 Å². The minimum Gasteiger partial charge on any atom is -0.497 e. The Hall–Kier alpha value is -3.45. The van der Waals surface area contributed by atoms with Crippen LogP contribution in [0.25, 0.3) is 11.3 Å². The molecule has 7 heteroatoms. The fraction of sp³-hybridized carbons (Fsp3) is 0.320. The van der Waals surface area contributed by atoms with Crippen molar-refractivity contribution < 1.29 is 9.53 Å². The molecule has 0 aliphatic carbocycles. The van der Waals surface area contributed by atoms with Gasteiger partial charge in [0.2, 0.25) is 5.91 Å². The summed E-state index contributed by atoms with van der Waals surface area (Å²) in [6.45, 7) is 2.71. The van der Waals surface area contributed by atoms with Crippen LogP contribution in [0.4, 0.5) is 0 Å². The van der Waals surface area contributed by atoms with Gasteiger partial charge < -0.3 is 10.1 Å². The highest BCUT2D eigenvalue weighted by molar-refractivity contribution is 5.76. The maximum absolute atomic E-state index is 12.6. The molecule has 32 heavy (non-hydrogen) atoms. The number of hydrogen-bond donors (Lipinski definition) is 1. The number of aromatic nitrogens is 2. The monoisotopic (exact) mass is 432 g/mol. The fourth-order valence-corrected chi connectivity index (χ4v) is 3.96. The Morgan fingerprint density at radius 1 is 1.03 bits per heavy atom. The van der Waals surface area contributed by atoms with Crippen molar-refractivity contribution in [1.82, 2.24) is 20.0 Å². The zero-order valence-corrected chi connectivity index (χ0v) is 18.2. The molecule has 2 heterocycles. The molecule has 7 nitrogen and oxygen atoms in total. The predicted molar refractivity (Wildman–Crippen MR) is 123 cm³/mol. The minimum absolute atomic E-state index is 0.0902. The summed E-state index contributed by atoms with van der Waals surface area (Å²) in [4.78, 5) is 27.2. The number of likely N-dealkylation sites (tertiary alicyclic amines) is 1. The highest BCUT2D eigenvalue weighted by Gasteiger charge is 2.21. The molecule has 0 unspecified atom stereocenters. The van der Waals surface area contributed by atoms with Crippen molar-refractivity contribution in [2.75, 3.05) is 20.2 Å². The van der Waals surface area contributed by atoms with Crippen LogP contribution >= 0.6 is 0 Å². The smallest absolute Gasteiger partial charge is 0.267 e. The van der Waals surface area contributed by atoms with Crippen molar-refractivity contribution in [3.05, 3.63) is 82.6 Å². The molecule has 1 aliphatic rings. The number of benzene rings is 2. The topological polar surface area (TPSA) is 76.5 Å². The lowest BCUT2D eigenvalue weighted by Gasteiger charge is -2.32. The highest BCUT2D eigenvalue weighted by atomic mass is 16.5. The summed E-state index contributed by atoms with van der Waals surface area (Å²) in [7, 11) is 1.61. The Bertz CT molecular complexity index is 1090. The summed E-state index contributed by atoms with van der Waals surface area (Å²) in [5, 5.41) is 7.46. The van der Waals surface area contributed by atoms with Crippen LogP contribution in [-0.2, 0) is 17.9 Å². The van der Waals surface area contributed by atoms with Crippen LogP contribution in [0.2, 0.25) is 0 Å². The maximum Gasteiger partial charge on any atom is 0.267 e. The van der Waals surface area contributed by atoms with Gasteiger partial charge >= 0.3 is 0 Å². The number of methoxy groups -OCH3 is 1. The third kappa shape index (κ3) is 5.62. The van der Waals surface area contributed by atoms with Gasteiger partial charge in [0.15, 0.2) is 0 Å². The SMILES string of the molecule is COc1ccc(-c2ccc(=O)n(CC(=O)NC3CCN(Cc4ccccc4)CC3)n2)cc1. The molecule has 0 atom stereocenters. The molecule has 0 saturated carbocycles. The van der Waals surface area contributed by atoms with Crippen LogP contribution in [0.1, 0.15) is 18.4 Å². The molecular weight excluding hydrogens is 404 g/mol. The average molecular weight is 433 g/mol. The molecule has 2 aromatic carbocycles. The van der Waals surface area contributed by atoms with E-state index in [4.69, 9.17) is 4.74 Å². The van der Waals surface area contributed by atoms with Gasteiger partial charge in [-0.3, -0.25) is 14.5 Å². The van der Waals surface area contributed by atoms with Gasteiger partial charge in [0, 0.05) is 37.3 Å². The van der Waals surface area contributed by atoms with Crippen LogP contribution in [0, 0.1) is 0 Å². The molecular formula is C25H28N4O3. The van der Waals surface area contributed by atoms with Crippen LogP contribution in [0.5, 0.6) is 5.75 Å². The summed E-state index contributed by atoms with van der Waals surface area (Å²) < 4.78 is 6.40. The molecule has 4 rings (SSSR count). The lowest BCUT2D eigenvalue weighted by Crippen LogP contribution is -2.46. The summed E-state index contributed by atoms with van der Waals surface area (Å²) >= 11 is 0. The van der Waals surface area contributed by atoms with Crippen molar-refractivity contribution in [2.45, 2.75) is 32.0 Å². The quantitative estimate of drug-likeness (QED) is 0.621. The molecule has 1 N–H and O–H groups in total. The molecule has 1 fully saturated rings. The van der Waals surface area contributed by atoms with Gasteiger partial charge in [0.25, 0.3) is 5.56 Å². The molecule has 166 valence electrons. The lowest BCUT2D eigenvalue weighted by atomic mass is 10.0. The Labute approximate surface area is 187 Å². The van der Waals surface area contributed by atoms with Crippen LogP contribution in [0.3, 0.4) is 0 Å². The molecule has 1 saturated heterocycles. The van der Waals surface area contributed by atoms with Gasteiger partial charge in [-0.15, -0.1) is 0 Å². The number of carbonyl (C=O) groups is 1. The summed E-state index contributed by atoms with van der Waals surface area (Å²) in [5.74, 6) is 0.559. The molecule has 3 aromatic rings. The number of rotatable bonds is 7. The number of nitrogens with one attached hydrogen (secondary N) is 1. The van der Waals surface area contributed by atoms with E-state index in [1.165, 1.54) is 16.3 Å². The number of nitrogens with zero attached hydrogens (tertiary/aromatic N) is 3. The molecule has 1 amide bonds. The Balaban J connectivity index is 1.31. The van der Waals surface area contributed by atoms with E-state index >= 15 is 0 Å². The van der Waals surface area contributed by atoms with Gasteiger partial charge in [0.05, 0.1) is 12.8 Å². The number of carbonyl (C=O) groups excluding carboxylic acids is 1. The van der Waals surface area contributed by atoms with E-state index in [1.807, 2.05) is 30.3 Å². The summed E-state index contributed by atoms with van der Waals surface area (Å²) in [5.41, 5.74) is 2.49. The first-order valence-electron chi connectivity index (χ1n) is 10.9. The fourth-order valence-electron chi connectivity index (χ4n) is 3.96. The third-order valence-electron chi connectivity index (χ3n) is 5.75. The second-order valence-corrected chi connectivity index (χ2v) is 8.05. The van der Waals surface area contributed by atoms with Crippen molar-refractivity contribution in [1.29, 1.82) is 0 Å². The second kappa shape index (κ2) is 10.2. The highest BCUT2D eigenvalue weighted by Crippen LogP contribution is 2.19. The first-order valence-corrected chi connectivity index (χ1v) is 10.9. The summed E-state index contributed by atoms with van der Waals surface area (Å²) in [6, 6.07) is 21.1. The predicted octanol–water partition coefficient (Wildman–Crippen LogP) is 2.70. The Kier molecular flexibility index (Phi) is 6.97. The second-order valence-electron chi connectivity index (χ2n) is 8.05. The van der Waals surface area contributed by atoms with Gasteiger partial charge in [0.1, 0.15) is 12.3 Å². The van der Waals surface area contributed by atoms with Crippen molar-refractivity contribution in [2.24, 2.45) is 0 Å². The lowest BCUT2D eigenvalue weighted by molar-refractivity contribution is -0.122. The zero-order valence-electron chi connectivity index (χ0n) is 18.2. The van der Waals surface area contributed by atoms with E-state index in [0.29, 0.717) is 5.69 Å². The Morgan fingerprint density at radius 2 is 1.75 bits per heavy atom. The van der Waals surface area contributed by atoms with Gasteiger partial charge in [-0.05, 0) is 48.7 Å². The molecule has 0 radical (unpaired) electrons. The van der Waals surface area contributed by atoms with E-state index < -0.39 is 0 Å². The average Bonchev–Trinajstić information content (AvgIpc) is 2.82. The van der Waals surface area contributed by atoms with E-state index in [9.17, 15) is 9.59 Å². The van der Waals surface area contributed by atoms with Crippen LogP contribution in [0.15, 0.2) is 71.5 Å². The number of hydrogen-bond acceptors (Lipinski definition) is 5. The van der Waals surface area contributed by atoms with Gasteiger partial charge in [-0.25, -0.2) is 4.68 Å².